The molecule has 19 heavy (non-hydrogen) atoms. The first-order chi connectivity index (χ1) is 9.20. The van der Waals surface area contributed by atoms with E-state index in [0.29, 0.717) is 6.04 Å². The number of rotatable bonds is 5. The van der Waals surface area contributed by atoms with Gasteiger partial charge < -0.3 is 10.1 Å². The van der Waals surface area contributed by atoms with Crippen molar-refractivity contribution in [1.82, 2.24) is 10.2 Å². The van der Waals surface area contributed by atoms with E-state index in [1.54, 1.807) is 12.1 Å². The summed E-state index contributed by atoms with van der Waals surface area (Å²) in [5, 5.41) is 3.33. The van der Waals surface area contributed by atoms with E-state index >= 15 is 0 Å². The van der Waals surface area contributed by atoms with Gasteiger partial charge in [-0.05, 0) is 24.1 Å². The van der Waals surface area contributed by atoms with Gasteiger partial charge in [-0.15, -0.1) is 0 Å². The summed E-state index contributed by atoms with van der Waals surface area (Å²) in [5.41, 5.74) is 1.16. The number of nitrogens with one attached hydrogen (secondary N) is 1. The zero-order valence-corrected chi connectivity index (χ0v) is 11.1. The van der Waals surface area contributed by atoms with Crippen LogP contribution < -0.4 is 10.1 Å². The van der Waals surface area contributed by atoms with Crippen LogP contribution in [0, 0.1) is 0 Å². The summed E-state index contributed by atoms with van der Waals surface area (Å²) in [6.07, 6.45) is 1.01. The van der Waals surface area contributed by atoms with Gasteiger partial charge in [-0.1, -0.05) is 19.1 Å². The lowest BCUT2D eigenvalue weighted by molar-refractivity contribution is -0.0498. The molecule has 0 radical (unpaired) electrons. The van der Waals surface area contributed by atoms with Gasteiger partial charge in [0.1, 0.15) is 5.75 Å². The average molecular weight is 270 g/mol. The average Bonchev–Trinajstić information content (AvgIpc) is 2.42. The van der Waals surface area contributed by atoms with Crippen LogP contribution in [-0.2, 0) is 0 Å². The van der Waals surface area contributed by atoms with Gasteiger partial charge in [0.15, 0.2) is 0 Å². The van der Waals surface area contributed by atoms with Crippen molar-refractivity contribution < 1.29 is 13.5 Å². The Hall–Kier alpha value is -1.20. The Morgan fingerprint density at radius 3 is 2.37 bits per heavy atom. The van der Waals surface area contributed by atoms with E-state index in [9.17, 15) is 8.78 Å². The molecule has 1 aromatic rings. The minimum atomic E-state index is -2.76. The van der Waals surface area contributed by atoms with Crippen molar-refractivity contribution in [1.29, 1.82) is 0 Å². The zero-order chi connectivity index (χ0) is 13.7. The molecular formula is C14H20F2N2O. The van der Waals surface area contributed by atoms with Crippen LogP contribution in [-0.4, -0.2) is 37.7 Å². The van der Waals surface area contributed by atoms with Gasteiger partial charge in [0.25, 0.3) is 0 Å². The second-order valence-corrected chi connectivity index (χ2v) is 4.66. The Labute approximate surface area is 112 Å². The quantitative estimate of drug-likeness (QED) is 0.890. The predicted molar refractivity (Wildman–Crippen MR) is 70.5 cm³/mol. The fourth-order valence-electron chi connectivity index (χ4n) is 2.57. The fraction of sp³-hybridized carbons (Fsp3) is 0.571. The van der Waals surface area contributed by atoms with E-state index in [1.165, 1.54) is 0 Å². The highest BCUT2D eigenvalue weighted by molar-refractivity contribution is 5.29. The lowest BCUT2D eigenvalue weighted by Crippen LogP contribution is -2.45. The molecule has 1 saturated heterocycles. The zero-order valence-electron chi connectivity index (χ0n) is 11.1. The molecule has 1 fully saturated rings. The van der Waals surface area contributed by atoms with Gasteiger partial charge in [0.05, 0.1) is 0 Å². The van der Waals surface area contributed by atoms with Crippen molar-refractivity contribution in [3.05, 3.63) is 29.8 Å². The minimum absolute atomic E-state index is 0.217. The molecule has 1 aromatic carbocycles. The highest BCUT2D eigenvalue weighted by Gasteiger charge is 2.20. The maximum absolute atomic E-state index is 12.1. The van der Waals surface area contributed by atoms with E-state index in [1.807, 2.05) is 12.1 Å². The summed E-state index contributed by atoms with van der Waals surface area (Å²) in [6, 6.07) is 7.35. The predicted octanol–water partition coefficient (Wildman–Crippen LogP) is 2.64. The molecule has 2 rings (SSSR count). The van der Waals surface area contributed by atoms with E-state index in [2.05, 4.69) is 21.9 Å². The van der Waals surface area contributed by atoms with Crippen molar-refractivity contribution in [3.8, 4) is 5.75 Å². The van der Waals surface area contributed by atoms with Crippen LogP contribution in [0.5, 0.6) is 5.75 Å². The van der Waals surface area contributed by atoms with Gasteiger partial charge in [0, 0.05) is 32.2 Å². The lowest BCUT2D eigenvalue weighted by Gasteiger charge is -2.34. The van der Waals surface area contributed by atoms with Crippen LogP contribution >= 0.6 is 0 Å². The molecule has 0 saturated carbocycles. The molecule has 0 bridgehead atoms. The molecule has 0 amide bonds. The third kappa shape index (κ3) is 3.88. The highest BCUT2D eigenvalue weighted by Crippen LogP contribution is 2.26. The van der Waals surface area contributed by atoms with Crippen LogP contribution in [0.3, 0.4) is 0 Å². The number of nitrogens with zero attached hydrogens (tertiary/aromatic N) is 1. The SMILES string of the molecule is CC[C@@H](c1ccc(OC(F)F)cc1)N1CCNCC1. The lowest BCUT2D eigenvalue weighted by atomic mass is 10.0. The van der Waals surface area contributed by atoms with Crippen molar-refractivity contribution >= 4 is 0 Å². The largest absolute Gasteiger partial charge is 0.435 e. The van der Waals surface area contributed by atoms with Crippen LogP contribution in [0.1, 0.15) is 24.9 Å². The summed E-state index contributed by atoms with van der Waals surface area (Å²) in [5.74, 6) is 0.217. The number of hydrogen-bond donors (Lipinski definition) is 1. The molecule has 3 nitrogen and oxygen atoms in total. The first-order valence-electron chi connectivity index (χ1n) is 6.70. The molecule has 106 valence electrons. The van der Waals surface area contributed by atoms with Crippen molar-refractivity contribution in [2.45, 2.75) is 26.0 Å². The van der Waals surface area contributed by atoms with Crippen LogP contribution in [0.25, 0.3) is 0 Å². The second kappa shape index (κ2) is 6.82. The molecule has 1 aliphatic rings. The molecule has 0 aromatic heterocycles. The van der Waals surface area contributed by atoms with E-state index < -0.39 is 6.61 Å². The Morgan fingerprint density at radius 1 is 1.21 bits per heavy atom. The van der Waals surface area contributed by atoms with Gasteiger partial charge in [0.2, 0.25) is 0 Å². The summed E-state index contributed by atoms with van der Waals surface area (Å²) in [4.78, 5) is 2.43. The monoisotopic (exact) mass is 270 g/mol. The van der Waals surface area contributed by atoms with Crippen LogP contribution in [0.2, 0.25) is 0 Å². The molecule has 1 atom stereocenters. The van der Waals surface area contributed by atoms with E-state index in [-0.39, 0.29) is 5.75 Å². The standard InChI is InChI=1S/C14H20F2N2O/c1-2-13(18-9-7-17-8-10-18)11-3-5-12(6-4-11)19-14(15)16/h3-6,13-14,17H,2,7-10H2,1H3/t13-/m0/s1. The maximum Gasteiger partial charge on any atom is 0.387 e. The van der Waals surface area contributed by atoms with Crippen molar-refractivity contribution in [2.24, 2.45) is 0 Å². The third-order valence-corrected chi connectivity index (χ3v) is 3.47. The molecular weight excluding hydrogens is 250 g/mol. The first kappa shape index (κ1) is 14.2. The number of ether oxygens (including phenoxy) is 1. The summed E-state index contributed by atoms with van der Waals surface area (Å²) in [6.45, 7) is 3.44. The Morgan fingerprint density at radius 2 is 1.84 bits per heavy atom. The normalized spacial score (nSPS) is 18.5. The van der Waals surface area contributed by atoms with Crippen molar-refractivity contribution in [2.75, 3.05) is 26.2 Å². The molecule has 5 heteroatoms. The minimum Gasteiger partial charge on any atom is -0.435 e. The maximum atomic E-state index is 12.1. The Kier molecular flexibility index (Phi) is 5.10. The molecule has 0 unspecified atom stereocenters. The second-order valence-electron chi connectivity index (χ2n) is 4.66. The molecule has 1 N–H and O–H groups in total. The molecule has 1 heterocycles. The Balaban J connectivity index is 2.05. The number of hydrogen-bond acceptors (Lipinski definition) is 3. The number of halogens is 2. The summed E-state index contributed by atoms with van der Waals surface area (Å²) in [7, 11) is 0. The third-order valence-electron chi connectivity index (χ3n) is 3.47. The van der Waals surface area contributed by atoms with Crippen LogP contribution in [0.4, 0.5) is 8.78 Å². The van der Waals surface area contributed by atoms with Gasteiger partial charge >= 0.3 is 6.61 Å². The topological polar surface area (TPSA) is 24.5 Å². The van der Waals surface area contributed by atoms with E-state index in [0.717, 1.165) is 38.2 Å². The Bertz CT molecular complexity index is 378. The van der Waals surface area contributed by atoms with Gasteiger partial charge in [-0.3, -0.25) is 4.90 Å². The first-order valence-corrected chi connectivity index (χ1v) is 6.70. The molecule has 1 aliphatic heterocycles. The highest BCUT2D eigenvalue weighted by atomic mass is 19.3. The fourth-order valence-corrected chi connectivity index (χ4v) is 2.57. The van der Waals surface area contributed by atoms with Gasteiger partial charge in [-0.25, -0.2) is 0 Å². The van der Waals surface area contributed by atoms with E-state index in [4.69, 9.17) is 0 Å². The van der Waals surface area contributed by atoms with Crippen molar-refractivity contribution in [3.63, 3.8) is 0 Å². The summed E-state index contributed by atoms with van der Waals surface area (Å²) < 4.78 is 28.6. The number of alkyl halides is 2. The molecule has 0 spiro atoms. The van der Waals surface area contributed by atoms with Gasteiger partial charge in [-0.2, -0.15) is 8.78 Å². The number of piperazine rings is 1. The summed E-state index contributed by atoms with van der Waals surface area (Å²) >= 11 is 0. The smallest absolute Gasteiger partial charge is 0.387 e. The number of benzene rings is 1. The van der Waals surface area contributed by atoms with Crippen LogP contribution in [0.15, 0.2) is 24.3 Å². The molecule has 0 aliphatic carbocycles.